The van der Waals surface area contributed by atoms with Crippen LogP contribution < -0.4 is 0 Å². The highest BCUT2D eigenvalue weighted by atomic mass is 35.5. The molecule has 0 saturated heterocycles. The van der Waals surface area contributed by atoms with Gasteiger partial charge in [-0.15, -0.1) is 11.3 Å². The second-order valence-corrected chi connectivity index (χ2v) is 7.31. The lowest BCUT2D eigenvalue weighted by Crippen LogP contribution is -2.41. The van der Waals surface area contributed by atoms with Crippen molar-refractivity contribution in [1.82, 2.24) is 29.8 Å². The zero-order chi connectivity index (χ0) is 17.7. The monoisotopic (exact) mass is 384 g/mol. The van der Waals surface area contributed by atoms with Crippen LogP contribution in [-0.2, 0) is 6.42 Å². The lowest BCUT2D eigenvalue weighted by Gasteiger charge is -2.33. The fourth-order valence-electron chi connectivity index (χ4n) is 3.37. The van der Waals surface area contributed by atoms with Crippen molar-refractivity contribution in [1.29, 1.82) is 0 Å². The van der Waals surface area contributed by atoms with Crippen molar-refractivity contribution in [2.45, 2.75) is 12.5 Å². The van der Waals surface area contributed by atoms with Crippen LogP contribution in [0.15, 0.2) is 36.1 Å². The molecule has 9 heteroatoms. The van der Waals surface area contributed by atoms with Gasteiger partial charge in [-0.05, 0) is 12.1 Å². The maximum atomic E-state index is 13.0. The fraction of sp³-hybridized carbons (Fsp3) is 0.176. The van der Waals surface area contributed by atoms with E-state index in [2.05, 4.69) is 24.9 Å². The summed E-state index contributed by atoms with van der Waals surface area (Å²) >= 11 is 7.62. The van der Waals surface area contributed by atoms with Gasteiger partial charge in [0.05, 0.1) is 28.1 Å². The molecule has 1 aromatic carbocycles. The molecular formula is C17H13ClN6OS. The Morgan fingerprint density at radius 3 is 3.08 bits per heavy atom. The van der Waals surface area contributed by atoms with E-state index in [9.17, 15) is 4.79 Å². The van der Waals surface area contributed by atoms with Gasteiger partial charge in [-0.2, -0.15) is 0 Å². The van der Waals surface area contributed by atoms with Crippen molar-refractivity contribution in [3.63, 3.8) is 0 Å². The normalized spacial score (nSPS) is 16.8. The van der Waals surface area contributed by atoms with E-state index < -0.39 is 6.04 Å². The smallest absolute Gasteiger partial charge is 0.283 e. The quantitative estimate of drug-likeness (QED) is 0.555. The van der Waals surface area contributed by atoms with Crippen LogP contribution in [0.25, 0.3) is 11.0 Å². The summed E-state index contributed by atoms with van der Waals surface area (Å²) < 4.78 is 0. The van der Waals surface area contributed by atoms with Gasteiger partial charge in [0.2, 0.25) is 0 Å². The summed E-state index contributed by atoms with van der Waals surface area (Å²) in [5.41, 5.74) is 3.34. The number of carbonyl (C=O) groups is 1. The summed E-state index contributed by atoms with van der Waals surface area (Å²) in [6.45, 7) is 0.559. The number of nitrogens with zero attached hydrogens (tertiary/aromatic N) is 4. The van der Waals surface area contributed by atoms with E-state index in [0.29, 0.717) is 28.8 Å². The zero-order valence-corrected chi connectivity index (χ0v) is 15.0. The molecule has 3 aromatic heterocycles. The van der Waals surface area contributed by atoms with Crippen LogP contribution in [-0.4, -0.2) is 42.3 Å². The van der Waals surface area contributed by atoms with Gasteiger partial charge >= 0.3 is 0 Å². The first-order chi connectivity index (χ1) is 12.7. The van der Waals surface area contributed by atoms with Gasteiger partial charge in [0.15, 0.2) is 5.01 Å². The Hall–Kier alpha value is -2.71. The van der Waals surface area contributed by atoms with Gasteiger partial charge in [0, 0.05) is 30.2 Å². The molecule has 0 saturated carbocycles. The first kappa shape index (κ1) is 15.5. The van der Waals surface area contributed by atoms with Crippen molar-refractivity contribution in [3.8, 4) is 0 Å². The number of hydrogen-bond donors (Lipinski definition) is 2. The number of fused-ring (bicyclic) bond motifs is 2. The van der Waals surface area contributed by atoms with E-state index >= 15 is 0 Å². The summed E-state index contributed by atoms with van der Waals surface area (Å²) in [5, 5.41) is 2.85. The van der Waals surface area contributed by atoms with Crippen molar-refractivity contribution >= 4 is 39.9 Å². The van der Waals surface area contributed by atoms with Gasteiger partial charge in [0.25, 0.3) is 5.91 Å². The molecule has 0 spiro atoms. The molecule has 0 aliphatic carbocycles. The van der Waals surface area contributed by atoms with Gasteiger partial charge in [-0.3, -0.25) is 4.79 Å². The molecule has 0 bridgehead atoms. The van der Waals surface area contributed by atoms with E-state index in [1.54, 1.807) is 22.8 Å². The number of nitrogens with one attached hydrogen (secondary N) is 2. The maximum Gasteiger partial charge on any atom is 0.283 e. The molecule has 4 aromatic rings. The van der Waals surface area contributed by atoms with Crippen LogP contribution in [0.3, 0.4) is 0 Å². The van der Waals surface area contributed by atoms with E-state index in [4.69, 9.17) is 11.6 Å². The Labute approximate surface area is 157 Å². The van der Waals surface area contributed by atoms with Crippen LogP contribution >= 0.6 is 22.9 Å². The van der Waals surface area contributed by atoms with Crippen LogP contribution in [0.4, 0.5) is 0 Å². The molecule has 130 valence electrons. The number of H-pyrrole nitrogens is 2. The minimum absolute atomic E-state index is 0.120. The first-order valence-electron chi connectivity index (χ1n) is 8.09. The number of benzene rings is 1. The largest absolute Gasteiger partial charge is 0.348 e. The molecule has 1 atom stereocenters. The molecule has 2 N–H and O–H groups in total. The van der Waals surface area contributed by atoms with E-state index in [1.807, 2.05) is 18.2 Å². The summed E-state index contributed by atoms with van der Waals surface area (Å²) in [6, 6.07) is 5.15. The Bertz CT molecular complexity index is 1100. The van der Waals surface area contributed by atoms with E-state index in [1.165, 1.54) is 11.3 Å². The van der Waals surface area contributed by atoms with Gasteiger partial charge in [0.1, 0.15) is 11.9 Å². The molecule has 7 nitrogen and oxygen atoms in total. The molecule has 0 radical (unpaired) electrons. The first-order valence-corrected chi connectivity index (χ1v) is 9.35. The third-order valence-electron chi connectivity index (χ3n) is 4.55. The maximum absolute atomic E-state index is 13.0. The minimum atomic E-state index is -0.412. The molecule has 1 aliphatic rings. The highest BCUT2D eigenvalue weighted by molar-refractivity contribution is 7.11. The second kappa shape index (κ2) is 5.93. The Morgan fingerprint density at radius 2 is 2.27 bits per heavy atom. The van der Waals surface area contributed by atoms with Crippen LogP contribution in [0.5, 0.6) is 0 Å². The topological polar surface area (TPSA) is 90.6 Å². The average molecular weight is 385 g/mol. The fourth-order valence-corrected chi connectivity index (χ4v) is 4.18. The lowest BCUT2D eigenvalue weighted by atomic mass is 10.0. The number of imidazole rings is 2. The molecule has 0 fully saturated rings. The molecule has 4 heterocycles. The number of para-hydroxylation sites is 1. The molecule has 1 amide bonds. The average Bonchev–Trinajstić information content (AvgIpc) is 3.39. The number of aromatic amines is 2. The second-order valence-electron chi connectivity index (χ2n) is 6.01. The number of aromatic nitrogens is 5. The minimum Gasteiger partial charge on any atom is -0.348 e. The summed E-state index contributed by atoms with van der Waals surface area (Å²) in [6.07, 6.45) is 4.01. The van der Waals surface area contributed by atoms with Gasteiger partial charge in [-0.1, -0.05) is 17.7 Å². The Kier molecular flexibility index (Phi) is 3.54. The number of thiazole rings is 1. The molecule has 1 aliphatic heterocycles. The van der Waals surface area contributed by atoms with Crippen molar-refractivity contribution in [2.75, 3.05) is 6.54 Å². The number of carbonyl (C=O) groups excluding carboxylic acids is 1. The Morgan fingerprint density at radius 1 is 1.35 bits per heavy atom. The summed E-state index contributed by atoms with van der Waals surface area (Å²) in [7, 11) is 0. The Balaban J connectivity index is 1.66. The summed E-state index contributed by atoms with van der Waals surface area (Å²) in [4.78, 5) is 34.6. The third-order valence-corrected chi connectivity index (χ3v) is 5.62. The van der Waals surface area contributed by atoms with Crippen LogP contribution in [0.1, 0.15) is 33.1 Å². The standard InChI is InChI=1S/C17H13ClN6OS/c18-9-2-1-3-11-12(9)23-15(22-11)14-13-10(20-8-21-13)4-6-24(14)17(25)16-19-5-7-26-16/h1-3,5,7-8,14H,4,6H2,(H,20,21)(H,22,23)/t14-/m0/s1. The predicted molar refractivity (Wildman–Crippen MR) is 98.4 cm³/mol. The third kappa shape index (κ3) is 2.33. The predicted octanol–water partition coefficient (Wildman–Crippen LogP) is 3.18. The SMILES string of the molecule is O=C(c1nccs1)N1CCc2[nH]cnc2[C@H]1c1nc2cccc(Cl)c2[nH]1. The van der Waals surface area contributed by atoms with E-state index in [0.717, 1.165) is 22.4 Å². The molecule has 0 unspecified atom stereocenters. The number of amides is 1. The molecule has 5 rings (SSSR count). The number of hydrogen-bond acceptors (Lipinski definition) is 5. The van der Waals surface area contributed by atoms with Gasteiger partial charge in [-0.25, -0.2) is 15.0 Å². The van der Waals surface area contributed by atoms with Crippen LogP contribution in [0, 0.1) is 0 Å². The number of rotatable bonds is 2. The van der Waals surface area contributed by atoms with Crippen LogP contribution in [0.2, 0.25) is 5.02 Å². The molecule has 26 heavy (non-hydrogen) atoms. The van der Waals surface area contributed by atoms with Crippen molar-refractivity contribution < 1.29 is 4.79 Å². The highest BCUT2D eigenvalue weighted by Gasteiger charge is 2.37. The van der Waals surface area contributed by atoms with Crippen molar-refractivity contribution in [2.24, 2.45) is 0 Å². The summed E-state index contributed by atoms with van der Waals surface area (Å²) in [5.74, 6) is 0.524. The van der Waals surface area contributed by atoms with E-state index in [-0.39, 0.29) is 5.91 Å². The highest BCUT2D eigenvalue weighted by Crippen LogP contribution is 2.35. The zero-order valence-electron chi connectivity index (χ0n) is 13.4. The van der Waals surface area contributed by atoms with Gasteiger partial charge < -0.3 is 14.9 Å². The molecular weight excluding hydrogens is 372 g/mol. The van der Waals surface area contributed by atoms with Crippen molar-refractivity contribution in [3.05, 3.63) is 63.3 Å². The number of halogens is 1. The lowest BCUT2D eigenvalue weighted by molar-refractivity contribution is 0.0684.